The van der Waals surface area contributed by atoms with E-state index in [9.17, 15) is 4.39 Å². The minimum absolute atomic E-state index is 0.214. The van der Waals surface area contributed by atoms with Crippen LogP contribution in [0.15, 0.2) is 24.3 Å². The van der Waals surface area contributed by atoms with E-state index in [0.717, 1.165) is 34.9 Å². The van der Waals surface area contributed by atoms with Crippen LogP contribution in [-0.4, -0.2) is 9.78 Å². The fourth-order valence-corrected chi connectivity index (χ4v) is 2.49. The predicted molar refractivity (Wildman–Crippen MR) is 79.2 cm³/mol. The van der Waals surface area contributed by atoms with Crippen LogP contribution in [0, 0.1) is 5.82 Å². The smallest absolute Gasteiger partial charge is 0.123 e. The Kier molecular flexibility index (Phi) is 5.15. The van der Waals surface area contributed by atoms with Gasteiger partial charge in [0, 0.05) is 19.6 Å². The van der Waals surface area contributed by atoms with Gasteiger partial charge in [-0.05, 0) is 31.0 Å². The first-order valence-corrected chi connectivity index (χ1v) is 7.22. The summed E-state index contributed by atoms with van der Waals surface area (Å²) in [6, 6.07) is 6.58. The monoisotopic (exact) mass is 295 g/mol. The Morgan fingerprint density at radius 2 is 2.10 bits per heavy atom. The third kappa shape index (κ3) is 3.38. The SMILES string of the molecule is CCc1nn(CC)c(CNCc2cccc(F)c2)c1Cl. The topological polar surface area (TPSA) is 29.9 Å². The molecule has 0 aliphatic carbocycles. The Labute approximate surface area is 123 Å². The standard InChI is InChI=1S/C15H19ClFN3/c1-3-13-15(16)14(20(4-2)19-13)10-18-9-11-6-5-7-12(17)8-11/h5-8,18H,3-4,9-10H2,1-2H3. The highest BCUT2D eigenvalue weighted by Crippen LogP contribution is 2.21. The molecule has 0 amide bonds. The number of hydrogen-bond donors (Lipinski definition) is 1. The molecule has 2 rings (SSSR count). The van der Waals surface area contributed by atoms with Gasteiger partial charge >= 0.3 is 0 Å². The van der Waals surface area contributed by atoms with Crippen molar-refractivity contribution in [3.63, 3.8) is 0 Å². The lowest BCUT2D eigenvalue weighted by molar-refractivity contribution is 0.575. The van der Waals surface area contributed by atoms with Crippen molar-refractivity contribution in [2.45, 2.75) is 39.9 Å². The molecule has 1 aromatic heterocycles. The molecule has 108 valence electrons. The molecular formula is C15H19ClFN3. The van der Waals surface area contributed by atoms with Crippen LogP contribution < -0.4 is 5.32 Å². The molecule has 1 heterocycles. The molecule has 0 aliphatic heterocycles. The first-order valence-electron chi connectivity index (χ1n) is 6.84. The normalized spacial score (nSPS) is 11.0. The summed E-state index contributed by atoms with van der Waals surface area (Å²) in [5, 5.41) is 8.49. The summed E-state index contributed by atoms with van der Waals surface area (Å²) in [4.78, 5) is 0. The lowest BCUT2D eigenvalue weighted by Gasteiger charge is -2.07. The number of halogens is 2. The van der Waals surface area contributed by atoms with Gasteiger partial charge in [-0.25, -0.2) is 4.39 Å². The maximum absolute atomic E-state index is 13.1. The minimum Gasteiger partial charge on any atom is -0.307 e. The number of nitrogens with zero attached hydrogens (tertiary/aromatic N) is 2. The summed E-state index contributed by atoms with van der Waals surface area (Å²) in [6.07, 6.45) is 0.822. The molecule has 5 heteroatoms. The van der Waals surface area contributed by atoms with Crippen molar-refractivity contribution < 1.29 is 4.39 Å². The van der Waals surface area contributed by atoms with E-state index in [1.165, 1.54) is 12.1 Å². The maximum atomic E-state index is 13.1. The van der Waals surface area contributed by atoms with Gasteiger partial charge in [0.25, 0.3) is 0 Å². The average Bonchev–Trinajstić information content (AvgIpc) is 2.75. The molecule has 2 aromatic rings. The van der Waals surface area contributed by atoms with Gasteiger partial charge in [-0.2, -0.15) is 5.10 Å². The van der Waals surface area contributed by atoms with Crippen molar-refractivity contribution in [2.75, 3.05) is 0 Å². The Morgan fingerprint density at radius 1 is 1.30 bits per heavy atom. The van der Waals surface area contributed by atoms with Gasteiger partial charge in [-0.15, -0.1) is 0 Å². The lowest BCUT2D eigenvalue weighted by atomic mass is 10.2. The summed E-state index contributed by atoms with van der Waals surface area (Å²) in [5.41, 5.74) is 2.83. The molecule has 20 heavy (non-hydrogen) atoms. The predicted octanol–water partition coefficient (Wildman–Crippen LogP) is 3.55. The van der Waals surface area contributed by atoms with Gasteiger partial charge in [-0.3, -0.25) is 4.68 Å². The maximum Gasteiger partial charge on any atom is 0.123 e. The highest BCUT2D eigenvalue weighted by molar-refractivity contribution is 6.31. The average molecular weight is 296 g/mol. The summed E-state index contributed by atoms with van der Waals surface area (Å²) in [7, 11) is 0. The quantitative estimate of drug-likeness (QED) is 0.883. The molecular weight excluding hydrogens is 277 g/mol. The van der Waals surface area contributed by atoms with E-state index >= 15 is 0 Å². The van der Waals surface area contributed by atoms with Crippen molar-refractivity contribution in [1.82, 2.24) is 15.1 Å². The highest BCUT2D eigenvalue weighted by Gasteiger charge is 2.13. The second-order valence-electron chi connectivity index (χ2n) is 4.61. The second kappa shape index (κ2) is 6.86. The van der Waals surface area contributed by atoms with Crippen LogP contribution in [0.4, 0.5) is 4.39 Å². The van der Waals surface area contributed by atoms with Crippen molar-refractivity contribution in [2.24, 2.45) is 0 Å². The zero-order valence-corrected chi connectivity index (χ0v) is 12.5. The number of benzene rings is 1. The first-order chi connectivity index (χ1) is 9.65. The van der Waals surface area contributed by atoms with Crippen LogP contribution in [-0.2, 0) is 26.1 Å². The Hall–Kier alpha value is -1.39. The van der Waals surface area contributed by atoms with Gasteiger partial charge in [-0.1, -0.05) is 30.7 Å². The molecule has 1 aromatic carbocycles. The van der Waals surface area contributed by atoms with E-state index in [0.29, 0.717) is 13.1 Å². The largest absolute Gasteiger partial charge is 0.307 e. The van der Waals surface area contributed by atoms with Crippen LogP contribution in [0.25, 0.3) is 0 Å². The van der Waals surface area contributed by atoms with E-state index in [-0.39, 0.29) is 5.82 Å². The van der Waals surface area contributed by atoms with E-state index in [1.54, 1.807) is 6.07 Å². The number of rotatable bonds is 6. The Balaban J connectivity index is 2.02. The number of hydrogen-bond acceptors (Lipinski definition) is 2. The molecule has 3 nitrogen and oxygen atoms in total. The van der Waals surface area contributed by atoms with Crippen LogP contribution in [0.1, 0.15) is 30.8 Å². The molecule has 0 spiro atoms. The summed E-state index contributed by atoms with van der Waals surface area (Å²) in [5.74, 6) is -0.214. The summed E-state index contributed by atoms with van der Waals surface area (Å²) >= 11 is 6.33. The van der Waals surface area contributed by atoms with Gasteiger partial charge in [0.2, 0.25) is 0 Å². The first kappa shape index (κ1) is 15.0. The lowest BCUT2D eigenvalue weighted by Crippen LogP contribution is -2.16. The van der Waals surface area contributed by atoms with Gasteiger partial charge in [0.1, 0.15) is 5.82 Å². The molecule has 0 unspecified atom stereocenters. The Morgan fingerprint density at radius 3 is 2.75 bits per heavy atom. The van der Waals surface area contributed by atoms with Crippen LogP contribution in [0.3, 0.4) is 0 Å². The van der Waals surface area contributed by atoms with Crippen LogP contribution in [0.2, 0.25) is 5.02 Å². The van der Waals surface area contributed by atoms with Gasteiger partial charge in [0.05, 0.1) is 16.4 Å². The molecule has 0 fully saturated rings. The number of aromatic nitrogens is 2. The molecule has 0 saturated heterocycles. The van der Waals surface area contributed by atoms with E-state index < -0.39 is 0 Å². The minimum atomic E-state index is -0.214. The van der Waals surface area contributed by atoms with Gasteiger partial charge in [0.15, 0.2) is 0 Å². The Bertz CT molecular complexity index is 580. The fraction of sp³-hybridized carbons (Fsp3) is 0.400. The van der Waals surface area contributed by atoms with Crippen molar-refractivity contribution in [3.8, 4) is 0 Å². The highest BCUT2D eigenvalue weighted by atomic mass is 35.5. The third-order valence-corrected chi connectivity index (χ3v) is 3.64. The third-order valence-electron chi connectivity index (χ3n) is 3.20. The molecule has 0 saturated carbocycles. The van der Waals surface area contributed by atoms with E-state index in [4.69, 9.17) is 11.6 Å². The molecule has 0 aliphatic rings. The van der Waals surface area contributed by atoms with Crippen molar-refractivity contribution in [1.29, 1.82) is 0 Å². The summed E-state index contributed by atoms with van der Waals surface area (Å²) in [6.45, 7) is 6.09. The molecule has 0 atom stereocenters. The number of aryl methyl sites for hydroxylation is 2. The van der Waals surface area contributed by atoms with E-state index in [2.05, 4.69) is 10.4 Å². The zero-order valence-electron chi connectivity index (χ0n) is 11.8. The van der Waals surface area contributed by atoms with Crippen LogP contribution >= 0.6 is 11.6 Å². The van der Waals surface area contributed by atoms with Crippen LogP contribution in [0.5, 0.6) is 0 Å². The van der Waals surface area contributed by atoms with Crippen molar-refractivity contribution >= 4 is 11.6 Å². The van der Waals surface area contributed by atoms with E-state index in [1.807, 2.05) is 24.6 Å². The van der Waals surface area contributed by atoms with Crippen molar-refractivity contribution in [3.05, 3.63) is 52.1 Å². The number of nitrogens with one attached hydrogen (secondary N) is 1. The summed E-state index contributed by atoms with van der Waals surface area (Å²) < 4.78 is 15.0. The van der Waals surface area contributed by atoms with Gasteiger partial charge < -0.3 is 5.32 Å². The fourth-order valence-electron chi connectivity index (χ4n) is 2.16. The molecule has 0 bridgehead atoms. The zero-order chi connectivity index (χ0) is 14.5. The molecule has 0 radical (unpaired) electrons. The second-order valence-corrected chi connectivity index (χ2v) is 4.99. The molecule has 1 N–H and O–H groups in total.